The van der Waals surface area contributed by atoms with Gasteiger partial charge in [0.1, 0.15) is 6.10 Å². The fraction of sp³-hybridized carbons (Fsp3) is 0.350. The van der Waals surface area contributed by atoms with E-state index in [-0.39, 0.29) is 12.0 Å². The van der Waals surface area contributed by atoms with Crippen LogP contribution in [0, 0.1) is 0 Å². The molecule has 1 fully saturated rings. The summed E-state index contributed by atoms with van der Waals surface area (Å²) in [5.41, 5.74) is 2.41. The molecule has 3 rings (SSSR count). The standard InChI is InChI=1S/C20H23NO2/c22-20(19-12-7-15-23-19)21(16-18-10-5-2-6-11-18)14-13-17-8-3-1-4-9-17/h1-6,8-11,19H,7,12-16H2. The number of rotatable bonds is 6. The van der Waals surface area contributed by atoms with Crippen molar-refractivity contribution in [1.82, 2.24) is 4.90 Å². The van der Waals surface area contributed by atoms with E-state index in [0.717, 1.165) is 31.4 Å². The third-order valence-electron chi connectivity index (χ3n) is 4.25. The molecule has 0 spiro atoms. The van der Waals surface area contributed by atoms with Gasteiger partial charge in [-0.3, -0.25) is 4.79 Å². The number of carbonyl (C=O) groups excluding carboxylic acids is 1. The Hall–Kier alpha value is -2.13. The van der Waals surface area contributed by atoms with Gasteiger partial charge in [-0.2, -0.15) is 0 Å². The highest BCUT2D eigenvalue weighted by Crippen LogP contribution is 2.17. The van der Waals surface area contributed by atoms with Crippen molar-refractivity contribution in [2.45, 2.75) is 31.9 Å². The Labute approximate surface area is 137 Å². The van der Waals surface area contributed by atoms with Crippen LogP contribution in [0.1, 0.15) is 24.0 Å². The van der Waals surface area contributed by atoms with Crippen LogP contribution in [0.2, 0.25) is 0 Å². The van der Waals surface area contributed by atoms with Gasteiger partial charge in [0.25, 0.3) is 5.91 Å². The predicted octanol–water partition coefficient (Wildman–Crippen LogP) is 3.44. The van der Waals surface area contributed by atoms with E-state index in [0.29, 0.717) is 13.2 Å². The van der Waals surface area contributed by atoms with Crippen molar-refractivity contribution in [2.24, 2.45) is 0 Å². The third kappa shape index (κ3) is 4.42. The van der Waals surface area contributed by atoms with E-state index in [1.54, 1.807) is 0 Å². The topological polar surface area (TPSA) is 29.5 Å². The molecule has 0 bridgehead atoms. The minimum atomic E-state index is -0.255. The molecule has 2 aromatic carbocycles. The van der Waals surface area contributed by atoms with Crippen LogP contribution in [-0.4, -0.2) is 30.1 Å². The highest BCUT2D eigenvalue weighted by atomic mass is 16.5. The molecule has 1 heterocycles. The van der Waals surface area contributed by atoms with Gasteiger partial charge in [0.05, 0.1) is 0 Å². The first-order valence-corrected chi connectivity index (χ1v) is 8.31. The number of hydrogen-bond donors (Lipinski definition) is 0. The smallest absolute Gasteiger partial charge is 0.252 e. The van der Waals surface area contributed by atoms with Crippen LogP contribution in [0.4, 0.5) is 0 Å². The molecule has 0 aliphatic carbocycles. The Bertz CT molecular complexity index is 606. The van der Waals surface area contributed by atoms with E-state index in [2.05, 4.69) is 24.3 Å². The monoisotopic (exact) mass is 309 g/mol. The van der Waals surface area contributed by atoms with Crippen molar-refractivity contribution in [3.8, 4) is 0 Å². The second kappa shape index (κ2) is 7.93. The van der Waals surface area contributed by atoms with Crippen molar-refractivity contribution >= 4 is 5.91 Å². The average molecular weight is 309 g/mol. The maximum absolute atomic E-state index is 12.8. The average Bonchev–Trinajstić information content (AvgIpc) is 3.14. The summed E-state index contributed by atoms with van der Waals surface area (Å²) >= 11 is 0. The predicted molar refractivity (Wildman–Crippen MR) is 91.0 cm³/mol. The lowest BCUT2D eigenvalue weighted by Gasteiger charge is -2.25. The van der Waals surface area contributed by atoms with Gasteiger partial charge in [0.15, 0.2) is 0 Å². The molecule has 0 aromatic heterocycles. The fourth-order valence-corrected chi connectivity index (χ4v) is 2.96. The lowest BCUT2D eigenvalue weighted by molar-refractivity contribution is -0.141. The van der Waals surface area contributed by atoms with Crippen LogP contribution in [-0.2, 0) is 22.5 Å². The molecule has 0 N–H and O–H groups in total. The van der Waals surface area contributed by atoms with E-state index in [1.807, 2.05) is 41.3 Å². The van der Waals surface area contributed by atoms with Crippen LogP contribution in [0.3, 0.4) is 0 Å². The number of ether oxygens (including phenoxy) is 1. The molecule has 23 heavy (non-hydrogen) atoms. The van der Waals surface area contributed by atoms with E-state index >= 15 is 0 Å². The van der Waals surface area contributed by atoms with Gasteiger partial charge in [-0.05, 0) is 30.4 Å². The summed E-state index contributed by atoms with van der Waals surface area (Å²) in [7, 11) is 0. The molecule has 1 saturated heterocycles. The molecule has 120 valence electrons. The second-order valence-corrected chi connectivity index (χ2v) is 5.98. The summed E-state index contributed by atoms with van der Waals surface area (Å²) in [5, 5.41) is 0. The van der Waals surface area contributed by atoms with Gasteiger partial charge >= 0.3 is 0 Å². The molecule has 1 atom stereocenters. The molecule has 0 radical (unpaired) electrons. The summed E-state index contributed by atoms with van der Waals surface area (Å²) in [6, 6.07) is 20.5. The molecule has 3 nitrogen and oxygen atoms in total. The van der Waals surface area contributed by atoms with Gasteiger partial charge in [-0.15, -0.1) is 0 Å². The van der Waals surface area contributed by atoms with Crippen LogP contribution in [0.15, 0.2) is 60.7 Å². The van der Waals surface area contributed by atoms with Gasteiger partial charge < -0.3 is 9.64 Å². The maximum Gasteiger partial charge on any atom is 0.252 e. The fourth-order valence-electron chi connectivity index (χ4n) is 2.96. The quantitative estimate of drug-likeness (QED) is 0.818. The first kappa shape index (κ1) is 15.8. The van der Waals surface area contributed by atoms with Gasteiger partial charge in [0.2, 0.25) is 0 Å². The molecular formula is C20H23NO2. The molecule has 2 aromatic rings. The zero-order valence-electron chi connectivity index (χ0n) is 13.4. The van der Waals surface area contributed by atoms with Crippen molar-refractivity contribution in [3.63, 3.8) is 0 Å². The molecular weight excluding hydrogens is 286 g/mol. The molecule has 1 amide bonds. The summed E-state index contributed by atoms with van der Waals surface area (Å²) < 4.78 is 5.59. The maximum atomic E-state index is 12.8. The van der Waals surface area contributed by atoms with Crippen molar-refractivity contribution < 1.29 is 9.53 Å². The van der Waals surface area contributed by atoms with Crippen molar-refractivity contribution in [3.05, 3.63) is 71.8 Å². The summed E-state index contributed by atoms with van der Waals surface area (Å²) in [5.74, 6) is 0.127. The largest absolute Gasteiger partial charge is 0.368 e. The van der Waals surface area contributed by atoms with Crippen LogP contribution >= 0.6 is 0 Å². The van der Waals surface area contributed by atoms with Gasteiger partial charge in [-0.25, -0.2) is 0 Å². The number of benzene rings is 2. The lowest BCUT2D eigenvalue weighted by atomic mass is 10.1. The Balaban J connectivity index is 1.68. The Morgan fingerprint density at radius 2 is 1.65 bits per heavy atom. The molecule has 1 aliphatic rings. The van der Waals surface area contributed by atoms with E-state index in [1.165, 1.54) is 5.56 Å². The van der Waals surface area contributed by atoms with Crippen LogP contribution < -0.4 is 0 Å². The van der Waals surface area contributed by atoms with Crippen molar-refractivity contribution in [2.75, 3.05) is 13.2 Å². The molecule has 3 heteroatoms. The van der Waals surface area contributed by atoms with E-state index < -0.39 is 0 Å². The van der Waals surface area contributed by atoms with Crippen molar-refractivity contribution in [1.29, 1.82) is 0 Å². The van der Waals surface area contributed by atoms with Gasteiger partial charge in [-0.1, -0.05) is 60.7 Å². The molecule has 1 unspecified atom stereocenters. The van der Waals surface area contributed by atoms with Crippen LogP contribution in [0.25, 0.3) is 0 Å². The number of hydrogen-bond acceptors (Lipinski definition) is 2. The van der Waals surface area contributed by atoms with E-state index in [4.69, 9.17) is 4.74 Å². The number of amides is 1. The number of nitrogens with zero attached hydrogens (tertiary/aromatic N) is 1. The lowest BCUT2D eigenvalue weighted by Crippen LogP contribution is -2.39. The Morgan fingerprint density at radius 1 is 1.00 bits per heavy atom. The zero-order chi connectivity index (χ0) is 15.9. The molecule has 1 aliphatic heterocycles. The number of carbonyl (C=O) groups is 1. The summed E-state index contributed by atoms with van der Waals surface area (Å²) in [4.78, 5) is 14.7. The highest BCUT2D eigenvalue weighted by Gasteiger charge is 2.28. The van der Waals surface area contributed by atoms with Crippen LogP contribution in [0.5, 0.6) is 0 Å². The van der Waals surface area contributed by atoms with Gasteiger partial charge in [0, 0.05) is 19.7 Å². The minimum absolute atomic E-state index is 0.127. The second-order valence-electron chi connectivity index (χ2n) is 5.98. The minimum Gasteiger partial charge on any atom is -0.368 e. The Kier molecular flexibility index (Phi) is 5.43. The highest BCUT2D eigenvalue weighted by molar-refractivity contribution is 5.81. The third-order valence-corrected chi connectivity index (χ3v) is 4.25. The SMILES string of the molecule is O=C(C1CCCO1)N(CCc1ccccc1)Cc1ccccc1. The summed E-state index contributed by atoms with van der Waals surface area (Å²) in [6.45, 7) is 2.07. The normalized spacial score (nSPS) is 17.1. The van der Waals surface area contributed by atoms with E-state index in [9.17, 15) is 4.79 Å². The first-order chi connectivity index (χ1) is 11.3. The zero-order valence-corrected chi connectivity index (χ0v) is 13.4. The summed E-state index contributed by atoms with van der Waals surface area (Å²) in [6.07, 6.45) is 2.44. The first-order valence-electron chi connectivity index (χ1n) is 8.31. The Morgan fingerprint density at radius 3 is 2.26 bits per heavy atom. The molecule has 0 saturated carbocycles.